The Labute approximate surface area is 227 Å². The molecule has 10 nitrogen and oxygen atoms in total. The van der Waals surface area contributed by atoms with Crippen LogP contribution in [0, 0.1) is 0 Å². The van der Waals surface area contributed by atoms with Crippen LogP contribution in [-0.2, 0) is 32.6 Å². The summed E-state index contributed by atoms with van der Waals surface area (Å²) in [6.07, 6.45) is 1.95. The van der Waals surface area contributed by atoms with Gasteiger partial charge in [0.05, 0.1) is 26.0 Å². The van der Waals surface area contributed by atoms with Crippen molar-refractivity contribution in [3.8, 4) is 5.75 Å². The van der Waals surface area contributed by atoms with Crippen LogP contribution in [0.2, 0.25) is 0 Å². The van der Waals surface area contributed by atoms with Crippen LogP contribution in [0.5, 0.6) is 5.75 Å². The Morgan fingerprint density at radius 2 is 1.82 bits per heavy atom. The molecule has 11 heteroatoms. The van der Waals surface area contributed by atoms with Crippen molar-refractivity contribution in [1.82, 2.24) is 15.4 Å². The van der Waals surface area contributed by atoms with E-state index in [1.54, 1.807) is 49.2 Å². The predicted octanol–water partition coefficient (Wildman–Crippen LogP) is 2.11. The van der Waals surface area contributed by atoms with E-state index in [0.29, 0.717) is 34.9 Å². The number of likely N-dealkylation sites (N-methyl/N-ethyl adjacent to an activating group) is 1. The second-order valence-electron chi connectivity index (χ2n) is 9.51. The fourth-order valence-electron chi connectivity index (χ4n) is 4.77. The van der Waals surface area contributed by atoms with Crippen LogP contribution in [0.15, 0.2) is 54.6 Å². The second kappa shape index (κ2) is 11.4. The number of hydrogen-bond acceptors (Lipinski definition) is 7. The number of para-hydroxylation sites is 1. The van der Waals surface area contributed by atoms with E-state index in [9.17, 15) is 22.8 Å². The molecular formula is C28H32N4O6S. The van der Waals surface area contributed by atoms with E-state index in [4.69, 9.17) is 4.74 Å². The van der Waals surface area contributed by atoms with Crippen LogP contribution < -0.4 is 25.0 Å². The number of carbonyl (C=O) groups excluding carboxylic acids is 3. The van der Waals surface area contributed by atoms with E-state index in [0.717, 1.165) is 17.5 Å². The summed E-state index contributed by atoms with van der Waals surface area (Å²) >= 11 is 0. The van der Waals surface area contributed by atoms with Crippen molar-refractivity contribution < 1.29 is 27.5 Å². The number of nitrogens with zero attached hydrogens (tertiary/aromatic N) is 1. The number of rotatable bonds is 8. The van der Waals surface area contributed by atoms with E-state index in [1.165, 1.54) is 7.11 Å². The Bertz CT molecular complexity index is 1540. The molecule has 1 aliphatic rings. The number of ether oxygens (including phenoxy) is 1. The van der Waals surface area contributed by atoms with Crippen molar-refractivity contribution in [1.29, 1.82) is 0 Å². The first-order valence-corrected chi connectivity index (χ1v) is 14.4. The molecule has 2 atom stereocenters. The third kappa shape index (κ3) is 6.04. The smallest absolute Gasteiger partial charge is 0.265 e. The summed E-state index contributed by atoms with van der Waals surface area (Å²) in [6.45, 7) is 1.82. The summed E-state index contributed by atoms with van der Waals surface area (Å²) in [6, 6.07) is 14.8. The fourth-order valence-corrected chi connectivity index (χ4v) is 5.22. The van der Waals surface area contributed by atoms with Gasteiger partial charge in [-0.1, -0.05) is 30.3 Å². The normalized spacial score (nSPS) is 16.3. The van der Waals surface area contributed by atoms with Gasteiger partial charge in [-0.3, -0.25) is 14.4 Å². The highest BCUT2D eigenvalue weighted by Gasteiger charge is 2.33. The Morgan fingerprint density at radius 1 is 1.08 bits per heavy atom. The van der Waals surface area contributed by atoms with Crippen molar-refractivity contribution in [3.05, 3.63) is 71.3 Å². The Morgan fingerprint density at radius 3 is 2.51 bits per heavy atom. The van der Waals surface area contributed by atoms with E-state index in [1.807, 2.05) is 29.0 Å². The molecule has 3 amide bonds. The molecule has 3 aromatic carbocycles. The van der Waals surface area contributed by atoms with Crippen molar-refractivity contribution in [2.45, 2.75) is 38.4 Å². The zero-order valence-electron chi connectivity index (χ0n) is 22.3. The third-order valence-corrected chi connectivity index (χ3v) is 7.44. The van der Waals surface area contributed by atoms with Crippen molar-refractivity contribution >= 4 is 44.2 Å². The van der Waals surface area contributed by atoms with Gasteiger partial charge >= 0.3 is 0 Å². The predicted molar refractivity (Wildman–Crippen MR) is 149 cm³/mol. The molecule has 0 saturated carbocycles. The molecule has 0 spiro atoms. The van der Waals surface area contributed by atoms with E-state index in [-0.39, 0.29) is 23.9 Å². The maximum Gasteiger partial charge on any atom is 0.265 e. The van der Waals surface area contributed by atoms with E-state index < -0.39 is 28.0 Å². The topological polar surface area (TPSA) is 134 Å². The highest BCUT2D eigenvalue weighted by Crippen LogP contribution is 2.35. The molecule has 1 heterocycles. The van der Waals surface area contributed by atoms with Gasteiger partial charge in [-0.15, -0.1) is 0 Å². The lowest BCUT2D eigenvalue weighted by Gasteiger charge is -2.28. The maximum absolute atomic E-state index is 13.9. The average molecular weight is 553 g/mol. The molecule has 0 fully saturated rings. The summed E-state index contributed by atoms with van der Waals surface area (Å²) in [4.78, 5) is 41.0. The molecule has 1 aliphatic heterocycles. The minimum absolute atomic E-state index is 0.0987. The number of benzene rings is 3. The van der Waals surface area contributed by atoms with Gasteiger partial charge in [0.1, 0.15) is 11.8 Å². The number of aryl methyl sites for hydroxylation is 1. The number of sulfonamides is 1. The number of amides is 3. The van der Waals surface area contributed by atoms with Crippen LogP contribution >= 0.6 is 0 Å². The molecule has 0 bridgehead atoms. The van der Waals surface area contributed by atoms with Gasteiger partial charge in [-0.25, -0.2) is 13.1 Å². The molecule has 3 N–H and O–H groups in total. The first kappa shape index (κ1) is 28.1. The first-order valence-electron chi connectivity index (χ1n) is 12.5. The number of anilines is 1. The minimum Gasteiger partial charge on any atom is -0.496 e. The first-order chi connectivity index (χ1) is 18.5. The molecule has 39 heavy (non-hydrogen) atoms. The lowest BCUT2D eigenvalue weighted by Crippen LogP contribution is -2.52. The van der Waals surface area contributed by atoms with Gasteiger partial charge in [0.2, 0.25) is 21.8 Å². The Hall–Kier alpha value is -3.96. The highest BCUT2D eigenvalue weighted by atomic mass is 32.2. The monoisotopic (exact) mass is 552 g/mol. The molecule has 206 valence electrons. The quantitative estimate of drug-likeness (QED) is 0.390. The van der Waals surface area contributed by atoms with Gasteiger partial charge in [-0.2, -0.15) is 0 Å². The number of fused-ring (bicyclic) bond motifs is 2. The highest BCUT2D eigenvalue weighted by molar-refractivity contribution is 7.89. The summed E-state index contributed by atoms with van der Waals surface area (Å²) in [7, 11) is -0.573. The van der Waals surface area contributed by atoms with E-state index in [2.05, 4.69) is 10.6 Å². The van der Waals surface area contributed by atoms with Crippen LogP contribution in [0.4, 0.5) is 5.69 Å². The van der Waals surface area contributed by atoms with Crippen molar-refractivity contribution in [3.63, 3.8) is 0 Å². The van der Waals surface area contributed by atoms with E-state index >= 15 is 0 Å². The Balaban J connectivity index is 1.81. The molecular weight excluding hydrogens is 520 g/mol. The third-order valence-electron chi connectivity index (χ3n) is 6.88. The minimum atomic E-state index is -3.77. The van der Waals surface area contributed by atoms with Gasteiger partial charge in [-0.05, 0) is 67.4 Å². The number of hydrogen-bond donors (Lipinski definition) is 3. The standard InChI is InChI=1S/C28H32N4O6S/c1-17(29-2)26(33)30-23-14-12-18-8-5-6-11-24(18)32(28(23)35)16-22-19-9-7-10-21(27(34)31-39(4,36)37)20(19)13-15-25(22)38-3/h5-11,13,15,17,23,29H,12,14,16H2,1-4H3,(H,30,33)(H,31,34)/t17-,23-/m0/s1. The van der Waals surface area contributed by atoms with Crippen molar-refractivity contribution in [2.24, 2.45) is 0 Å². The van der Waals surface area contributed by atoms with Crippen molar-refractivity contribution in [2.75, 3.05) is 25.3 Å². The lowest BCUT2D eigenvalue weighted by atomic mass is 9.98. The summed E-state index contributed by atoms with van der Waals surface area (Å²) in [5.74, 6) is -0.786. The summed E-state index contributed by atoms with van der Waals surface area (Å²) < 4.78 is 31.1. The average Bonchev–Trinajstić information content (AvgIpc) is 3.03. The van der Waals surface area contributed by atoms with Crippen LogP contribution in [0.1, 0.15) is 34.8 Å². The fraction of sp³-hybridized carbons (Fsp3) is 0.321. The molecule has 3 aromatic rings. The van der Waals surface area contributed by atoms with Gasteiger partial charge in [0.25, 0.3) is 5.91 Å². The lowest BCUT2D eigenvalue weighted by molar-refractivity contribution is -0.128. The molecule has 0 aliphatic carbocycles. The Kier molecular flexibility index (Phi) is 8.22. The maximum atomic E-state index is 13.9. The molecule has 0 unspecified atom stereocenters. The molecule has 4 rings (SSSR count). The van der Waals surface area contributed by atoms with Gasteiger partial charge in [0, 0.05) is 16.8 Å². The molecule has 0 aromatic heterocycles. The zero-order valence-corrected chi connectivity index (χ0v) is 23.1. The summed E-state index contributed by atoms with van der Waals surface area (Å²) in [5, 5.41) is 6.93. The molecule has 0 radical (unpaired) electrons. The zero-order chi connectivity index (χ0) is 28.3. The molecule has 0 saturated heterocycles. The van der Waals surface area contributed by atoms with Crippen LogP contribution in [0.3, 0.4) is 0 Å². The van der Waals surface area contributed by atoms with Crippen LogP contribution in [-0.4, -0.2) is 58.6 Å². The van der Waals surface area contributed by atoms with Gasteiger partial charge in [0.15, 0.2) is 0 Å². The number of methoxy groups -OCH3 is 1. The largest absolute Gasteiger partial charge is 0.496 e. The number of nitrogens with one attached hydrogen (secondary N) is 3. The summed E-state index contributed by atoms with van der Waals surface area (Å²) in [5.41, 5.74) is 2.51. The second-order valence-corrected chi connectivity index (χ2v) is 11.3. The van der Waals surface area contributed by atoms with Crippen LogP contribution in [0.25, 0.3) is 10.8 Å². The SMILES string of the molecule is CN[C@@H](C)C(=O)N[C@H]1CCc2ccccc2N(Cc2c(OC)ccc3c(C(=O)NS(C)(=O)=O)cccc23)C1=O. The van der Waals surface area contributed by atoms with Gasteiger partial charge < -0.3 is 20.3 Å². The number of carbonyl (C=O) groups is 3.